The van der Waals surface area contributed by atoms with Gasteiger partial charge in [0.25, 0.3) is 0 Å². The highest BCUT2D eigenvalue weighted by Crippen LogP contribution is 2.24. The number of amides is 1. The molecule has 0 saturated heterocycles. The van der Waals surface area contributed by atoms with Gasteiger partial charge in [0.05, 0.1) is 18.8 Å². The lowest BCUT2D eigenvalue weighted by Crippen LogP contribution is -2.41. The Balaban J connectivity index is 2.07. The van der Waals surface area contributed by atoms with Crippen molar-refractivity contribution in [3.63, 3.8) is 0 Å². The summed E-state index contributed by atoms with van der Waals surface area (Å²) in [5, 5.41) is 6.37. The first kappa shape index (κ1) is 18.0. The number of hydrogen-bond donors (Lipinski definition) is 2. The lowest BCUT2D eigenvalue weighted by Gasteiger charge is -2.26. The number of carbonyl (C=O) groups excluding carboxylic acids is 1. The van der Waals surface area contributed by atoms with Gasteiger partial charge in [-0.05, 0) is 30.5 Å². The van der Waals surface area contributed by atoms with Gasteiger partial charge in [-0.15, -0.1) is 0 Å². The molecule has 2 aromatic carbocycles. The van der Waals surface area contributed by atoms with E-state index in [1.54, 1.807) is 7.11 Å². The van der Waals surface area contributed by atoms with Crippen LogP contribution in [-0.2, 0) is 4.79 Å². The van der Waals surface area contributed by atoms with Crippen molar-refractivity contribution >= 4 is 11.6 Å². The van der Waals surface area contributed by atoms with Crippen LogP contribution in [0.3, 0.4) is 0 Å². The van der Waals surface area contributed by atoms with Gasteiger partial charge in [-0.1, -0.05) is 56.3 Å². The highest BCUT2D eigenvalue weighted by molar-refractivity contribution is 5.95. The van der Waals surface area contributed by atoms with E-state index in [1.165, 1.54) is 5.56 Å². The molecule has 0 aliphatic carbocycles. The number of rotatable bonds is 7. The Morgan fingerprint density at radius 3 is 2.21 bits per heavy atom. The second-order valence-corrected chi connectivity index (χ2v) is 6.21. The van der Waals surface area contributed by atoms with Crippen LogP contribution in [0, 0.1) is 5.92 Å². The summed E-state index contributed by atoms with van der Waals surface area (Å²) in [6, 6.07) is 17.4. The maximum atomic E-state index is 12.5. The molecule has 24 heavy (non-hydrogen) atoms. The Bertz CT molecular complexity index is 656. The third-order valence-electron chi connectivity index (χ3n) is 4.01. The molecule has 2 rings (SSSR count). The minimum atomic E-state index is -0.331. The average molecular weight is 326 g/mol. The third kappa shape index (κ3) is 4.59. The smallest absolute Gasteiger partial charge is 0.241 e. The summed E-state index contributed by atoms with van der Waals surface area (Å²) < 4.78 is 5.28. The fraction of sp³-hybridized carbons (Fsp3) is 0.350. The van der Waals surface area contributed by atoms with Crippen LogP contribution in [0.4, 0.5) is 5.69 Å². The number of para-hydroxylation sites is 2. The van der Waals surface area contributed by atoms with Crippen molar-refractivity contribution in [3.8, 4) is 5.75 Å². The van der Waals surface area contributed by atoms with Crippen LogP contribution in [0.1, 0.15) is 32.4 Å². The topological polar surface area (TPSA) is 50.4 Å². The van der Waals surface area contributed by atoms with Crippen LogP contribution in [0.5, 0.6) is 5.75 Å². The first-order valence-corrected chi connectivity index (χ1v) is 8.27. The number of ether oxygens (including phenoxy) is 1. The molecule has 2 aromatic rings. The van der Waals surface area contributed by atoms with Crippen LogP contribution in [0.15, 0.2) is 54.6 Å². The van der Waals surface area contributed by atoms with Crippen LogP contribution in [0.25, 0.3) is 0 Å². The van der Waals surface area contributed by atoms with E-state index in [9.17, 15) is 4.79 Å². The maximum absolute atomic E-state index is 12.5. The molecule has 0 aliphatic heterocycles. The standard InChI is InChI=1S/C20H26N2O2/c1-14(2)19(16-10-6-5-7-11-16)21-15(3)20(23)22-17-12-8-9-13-18(17)24-4/h5-15,19,21H,1-4H3,(H,22,23)/t15-,19+/m1/s1. The Morgan fingerprint density at radius 1 is 0.958 bits per heavy atom. The molecular formula is C20H26N2O2. The first-order valence-electron chi connectivity index (χ1n) is 8.27. The number of hydrogen-bond acceptors (Lipinski definition) is 3. The molecule has 0 spiro atoms. The molecule has 2 atom stereocenters. The van der Waals surface area contributed by atoms with Crippen LogP contribution >= 0.6 is 0 Å². The van der Waals surface area contributed by atoms with E-state index in [0.29, 0.717) is 17.4 Å². The zero-order valence-electron chi connectivity index (χ0n) is 14.7. The molecule has 1 amide bonds. The fourth-order valence-electron chi connectivity index (χ4n) is 2.67. The summed E-state index contributed by atoms with van der Waals surface area (Å²) in [5.41, 5.74) is 1.86. The van der Waals surface area contributed by atoms with Gasteiger partial charge in [-0.25, -0.2) is 0 Å². The molecule has 0 aromatic heterocycles. The van der Waals surface area contributed by atoms with E-state index < -0.39 is 0 Å². The largest absolute Gasteiger partial charge is 0.495 e. The second kappa shape index (κ2) is 8.50. The van der Waals surface area contributed by atoms with Gasteiger partial charge in [0.15, 0.2) is 0 Å². The molecule has 128 valence electrons. The normalized spacial score (nSPS) is 13.4. The molecule has 0 saturated carbocycles. The molecule has 4 nitrogen and oxygen atoms in total. The maximum Gasteiger partial charge on any atom is 0.241 e. The lowest BCUT2D eigenvalue weighted by molar-refractivity contribution is -0.118. The highest BCUT2D eigenvalue weighted by atomic mass is 16.5. The van der Waals surface area contributed by atoms with Gasteiger partial charge in [0.1, 0.15) is 5.75 Å². The van der Waals surface area contributed by atoms with Crippen LogP contribution < -0.4 is 15.4 Å². The van der Waals surface area contributed by atoms with Gasteiger partial charge in [0, 0.05) is 6.04 Å². The zero-order valence-corrected chi connectivity index (χ0v) is 14.7. The first-order chi connectivity index (χ1) is 11.5. The second-order valence-electron chi connectivity index (χ2n) is 6.21. The molecular weight excluding hydrogens is 300 g/mol. The van der Waals surface area contributed by atoms with Gasteiger partial charge in [0.2, 0.25) is 5.91 Å². The van der Waals surface area contributed by atoms with E-state index in [0.717, 1.165) is 0 Å². The van der Waals surface area contributed by atoms with E-state index in [-0.39, 0.29) is 18.0 Å². The van der Waals surface area contributed by atoms with Crippen molar-refractivity contribution in [1.29, 1.82) is 0 Å². The summed E-state index contributed by atoms with van der Waals surface area (Å²) >= 11 is 0. The van der Waals surface area contributed by atoms with E-state index in [1.807, 2.05) is 49.4 Å². The highest BCUT2D eigenvalue weighted by Gasteiger charge is 2.22. The van der Waals surface area contributed by atoms with Gasteiger partial charge in [-0.2, -0.15) is 0 Å². The Kier molecular flexibility index (Phi) is 6.38. The van der Waals surface area contributed by atoms with Crippen LogP contribution in [0.2, 0.25) is 0 Å². The quantitative estimate of drug-likeness (QED) is 0.808. The Hall–Kier alpha value is -2.33. The number of methoxy groups -OCH3 is 1. The SMILES string of the molecule is COc1ccccc1NC(=O)[C@@H](C)N[C@H](c1ccccc1)C(C)C. The van der Waals surface area contributed by atoms with Crippen molar-refractivity contribution in [2.45, 2.75) is 32.9 Å². The van der Waals surface area contributed by atoms with Crippen molar-refractivity contribution in [3.05, 3.63) is 60.2 Å². The van der Waals surface area contributed by atoms with E-state index in [2.05, 4.69) is 36.6 Å². The van der Waals surface area contributed by atoms with Gasteiger partial charge >= 0.3 is 0 Å². The molecule has 2 N–H and O–H groups in total. The monoisotopic (exact) mass is 326 g/mol. The molecule has 0 heterocycles. The third-order valence-corrected chi connectivity index (χ3v) is 4.01. The molecule has 0 fully saturated rings. The summed E-state index contributed by atoms with van der Waals surface area (Å²) in [7, 11) is 1.59. The Labute approximate surface area is 144 Å². The summed E-state index contributed by atoms with van der Waals surface area (Å²) in [5.74, 6) is 0.941. The number of anilines is 1. The summed E-state index contributed by atoms with van der Waals surface area (Å²) in [6.45, 7) is 6.17. The summed E-state index contributed by atoms with van der Waals surface area (Å²) in [4.78, 5) is 12.5. The lowest BCUT2D eigenvalue weighted by atomic mass is 9.95. The minimum absolute atomic E-state index is 0.0823. The van der Waals surface area contributed by atoms with Crippen molar-refractivity contribution in [2.24, 2.45) is 5.92 Å². The van der Waals surface area contributed by atoms with Gasteiger partial charge in [-0.3, -0.25) is 10.1 Å². The number of benzene rings is 2. The minimum Gasteiger partial charge on any atom is -0.495 e. The molecule has 0 radical (unpaired) electrons. The molecule has 0 unspecified atom stereocenters. The van der Waals surface area contributed by atoms with Crippen LogP contribution in [-0.4, -0.2) is 19.1 Å². The molecule has 4 heteroatoms. The predicted octanol–water partition coefficient (Wildman–Crippen LogP) is 4.01. The number of carbonyl (C=O) groups is 1. The van der Waals surface area contributed by atoms with Crippen molar-refractivity contribution in [1.82, 2.24) is 5.32 Å². The predicted molar refractivity (Wildman–Crippen MR) is 98.2 cm³/mol. The van der Waals surface area contributed by atoms with Crippen molar-refractivity contribution in [2.75, 3.05) is 12.4 Å². The van der Waals surface area contributed by atoms with E-state index in [4.69, 9.17) is 4.74 Å². The Morgan fingerprint density at radius 2 is 1.58 bits per heavy atom. The van der Waals surface area contributed by atoms with E-state index >= 15 is 0 Å². The van der Waals surface area contributed by atoms with Crippen molar-refractivity contribution < 1.29 is 9.53 Å². The fourth-order valence-corrected chi connectivity index (χ4v) is 2.67. The average Bonchev–Trinajstić information content (AvgIpc) is 2.60. The molecule has 0 bridgehead atoms. The number of nitrogens with one attached hydrogen (secondary N) is 2. The molecule has 0 aliphatic rings. The van der Waals surface area contributed by atoms with Gasteiger partial charge < -0.3 is 10.1 Å². The summed E-state index contributed by atoms with van der Waals surface area (Å²) in [6.07, 6.45) is 0. The zero-order chi connectivity index (χ0) is 17.5.